The van der Waals surface area contributed by atoms with Gasteiger partial charge >= 0.3 is 0 Å². The highest BCUT2D eigenvalue weighted by molar-refractivity contribution is 7.86. The molecule has 0 aromatic heterocycles. The predicted molar refractivity (Wildman–Crippen MR) is 74.9 cm³/mol. The van der Waals surface area contributed by atoms with E-state index in [0.717, 1.165) is 25.7 Å². The molecule has 6 heteroatoms. The number of piperidine rings is 1. The van der Waals surface area contributed by atoms with Gasteiger partial charge in [0.2, 0.25) is 0 Å². The first kappa shape index (κ1) is 15.2. The second kappa shape index (κ2) is 6.08. The molecule has 2 fully saturated rings. The van der Waals surface area contributed by atoms with Gasteiger partial charge < -0.3 is 5.11 Å². The zero-order valence-electron chi connectivity index (χ0n) is 12.0. The Labute approximate surface area is 116 Å². The van der Waals surface area contributed by atoms with Gasteiger partial charge in [-0.3, -0.25) is 0 Å². The normalized spacial score (nSPS) is 26.3. The molecule has 19 heavy (non-hydrogen) atoms. The van der Waals surface area contributed by atoms with Crippen molar-refractivity contribution in [3.05, 3.63) is 0 Å². The number of hydrogen-bond donors (Lipinski definition) is 1. The molecule has 1 N–H and O–H groups in total. The van der Waals surface area contributed by atoms with E-state index in [9.17, 15) is 13.5 Å². The minimum atomic E-state index is -3.34. The molecule has 1 saturated carbocycles. The molecule has 0 amide bonds. The molecule has 2 rings (SSSR count). The first-order chi connectivity index (χ1) is 8.95. The van der Waals surface area contributed by atoms with Crippen molar-refractivity contribution >= 4 is 10.2 Å². The van der Waals surface area contributed by atoms with Gasteiger partial charge in [0.15, 0.2) is 0 Å². The summed E-state index contributed by atoms with van der Waals surface area (Å²) in [5.74, 6) is 0.442. The number of aliphatic hydroxyl groups excluding tert-OH is 1. The van der Waals surface area contributed by atoms with Gasteiger partial charge in [-0.2, -0.15) is 17.0 Å². The topological polar surface area (TPSA) is 60.9 Å². The molecule has 0 bridgehead atoms. The standard InChI is InChI=1S/C13H26N2O3S/c1-11(2)8-15(13-5-6-13)19(17,18)14-7-3-4-12(9-14)10-16/h11-13,16H,3-10H2,1-2H3. The summed E-state index contributed by atoms with van der Waals surface area (Å²) in [6.07, 6.45) is 3.76. The van der Waals surface area contributed by atoms with E-state index in [1.807, 2.05) is 0 Å². The molecule has 2 aliphatic rings. The van der Waals surface area contributed by atoms with Crippen LogP contribution in [0.5, 0.6) is 0 Å². The lowest BCUT2D eigenvalue weighted by atomic mass is 10.0. The van der Waals surface area contributed by atoms with Crippen LogP contribution in [0, 0.1) is 11.8 Å². The summed E-state index contributed by atoms with van der Waals surface area (Å²) in [6, 6.07) is 0.210. The van der Waals surface area contributed by atoms with Crippen LogP contribution < -0.4 is 0 Å². The number of nitrogens with zero attached hydrogens (tertiary/aromatic N) is 2. The predicted octanol–water partition coefficient (Wildman–Crippen LogP) is 1.06. The van der Waals surface area contributed by atoms with Crippen molar-refractivity contribution in [3.63, 3.8) is 0 Å². The maximum Gasteiger partial charge on any atom is 0.282 e. The molecule has 5 nitrogen and oxygen atoms in total. The van der Waals surface area contributed by atoms with Crippen LogP contribution in [0.1, 0.15) is 39.5 Å². The Morgan fingerprint density at radius 1 is 1.32 bits per heavy atom. The Kier molecular flexibility index (Phi) is 4.87. The summed E-state index contributed by atoms with van der Waals surface area (Å²) in [5.41, 5.74) is 0. The summed E-state index contributed by atoms with van der Waals surface area (Å²) in [7, 11) is -3.34. The summed E-state index contributed by atoms with van der Waals surface area (Å²) in [4.78, 5) is 0. The summed E-state index contributed by atoms with van der Waals surface area (Å²) in [5, 5.41) is 9.24. The molecular formula is C13H26N2O3S. The third-order valence-corrected chi connectivity index (χ3v) is 5.89. The van der Waals surface area contributed by atoms with Crippen molar-refractivity contribution < 1.29 is 13.5 Å². The Morgan fingerprint density at radius 3 is 2.53 bits per heavy atom. The van der Waals surface area contributed by atoms with Gasteiger partial charge in [-0.1, -0.05) is 13.8 Å². The number of hydrogen-bond acceptors (Lipinski definition) is 3. The van der Waals surface area contributed by atoms with Gasteiger partial charge in [-0.15, -0.1) is 0 Å². The fourth-order valence-electron chi connectivity index (χ4n) is 2.69. The largest absolute Gasteiger partial charge is 0.396 e. The molecule has 0 spiro atoms. The molecule has 0 aromatic rings. The molecule has 1 saturated heterocycles. The van der Waals surface area contributed by atoms with Crippen molar-refractivity contribution in [1.82, 2.24) is 8.61 Å². The van der Waals surface area contributed by atoms with Crippen LogP contribution in [0.25, 0.3) is 0 Å². The fourth-order valence-corrected chi connectivity index (χ4v) is 4.82. The highest BCUT2D eigenvalue weighted by Crippen LogP contribution is 2.32. The second-order valence-corrected chi connectivity index (χ2v) is 8.13. The van der Waals surface area contributed by atoms with Crippen LogP contribution in [-0.2, 0) is 10.2 Å². The van der Waals surface area contributed by atoms with Gasteiger partial charge in [0.1, 0.15) is 0 Å². The van der Waals surface area contributed by atoms with Crippen LogP contribution in [0.15, 0.2) is 0 Å². The zero-order chi connectivity index (χ0) is 14.0. The minimum absolute atomic E-state index is 0.0830. The third-order valence-electron chi connectivity index (χ3n) is 3.86. The molecule has 1 unspecified atom stereocenters. The van der Waals surface area contributed by atoms with Gasteiger partial charge in [-0.25, -0.2) is 0 Å². The van der Waals surface area contributed by atoms with Gasteiger partial charge in [0.05, 0.1) is 0 Å². The van der Waals surface area contributed by atoms with Crippen molar-refractivity contribution in [2.75, 3.05) is 26.2 Å². The minimum Gasteiger partial charge on any atom is -0.396 e. The Morgan fingerprint density at radius 2 is 2.00 bits per heavy atom. The monoisotopic (exact) mass is 290 g/mol. The van der Waals surface area contributed by atoms with Gasteiger partial charge in [0, 0.05) is 32.3 Å². The molecule has 0 aromatic carbocycles. The third kappa shape index (κ3) is 3.68. The van der Waals surface area contributed by atoms with Crippen LogP contribution in [-0.4, -0.2) is 54.4 Å². The first-order valence-electron chi connectivity index (χ1n) is 7.33. The van der Waals surface area contributed by atoms with E-state index in [0.29, 0.717) is 25.6 Å². The average Bonchev–Trinajstić information content (AvgIpc) is 3.20. The van der Waals surface area contributed by atoms with Crippen molar-refractivity contribution in [3.8, 4) is 0 Å². The molecule has 1 heterocycles. The van der Waals surface area contributed by atoms with Crippen molar-refractivity contribution in [1.29, 1.82) is 0 Å². The highest BCUT2D eigenvalue weighted by atomic mass is 32.2. The fraction of sp³-hybridized carbons (Fsp3) is 1.00. The number of aliphatic hydroxyl groups is 1. The lowest BCUT2D eigenvalue weighted by Gasteiger charge is -2.35. The molecule has 112 valence electrons. The van der Waals surface area contributed by atoms with Crippen molar-refractivity contribution in [2.24, 2.45) is 11.8 Å². The van der Waals surface area contributed by atoms with E-state index in [4.69, 9.17) is 0 Å². The average molecular weight is 290 g/mol. The summed E-state index contributed by atoms with van der Waals surface area (Å²) in [6.45, 7) is 5.86. The number of rotatable bonds is 6. The lowest BCUT2D eigenvalue weighted by molar-refractivity contribution is 0.159. The summed E-state index contributed by atoms with van der Waals surface area (Å²) < 4.78 is 28.7. The Hall–Kier alpha value is -0.170. The SMILES string of the molecule is CC(C)CN(C1CC1)S(=O)(=O)N1CCCC(CO)C1. The van der Waals surface area contributed by atoms with Gasteiger partial charge in [-0.05, 0) is 37.5 Å². The molecule has 1 aliphatic heterocycles. The Bertz CT molecular complexity index is 393. The lowest BCUT2D eigenvalue weighted by Crippen LogP contribution is -2.50. The van der Waals surface area contributed by atoms with Crippen LogP contribution in [0.2, 0.25) is 0 Å². The van der Waals surface area contributed by atoms with E-state index in [1.165, 1.54) is 0 Å². The van der Waals surface area contributed by atoms with Crippen LogP contribution in [0.4, 0.5) is 0 Å². The quantitative estimate of drug-likeness (QED) is 0.795. The molecule has 0 radical (unpaired) electrons. The maximum atomic E-state index is 12.7. The van der Waals surface area contributed by atoms with E-state index in [1.54, 1.807) is 8.61 Å². The van der Waals surface area contributed by atoms with E-state index >= 15 is 0 Å². The zero-order valence-corrected chi connectivity index (χ0v) is 12.8. The second-order valence-electron chi connectivity index (χ2n) is 6.25. The van der Waals surface area contributed by atoms with E-state index < -0.39 is 10.2 Å². The smallest absolute Gasteiger partial charge is 0.282 e. The van der Waals surface area contributed by atoms with E-state index in [2.05, 4.69) is 13.8 Å². The molecule has 1 atom stereocenters. The van der Waals surface area contributed by atoms with Crippen LogP contribution in [0.3, 0.4) is 0 Å². The van der Waals surface area contributed by atoms with Crippen LogP contribution >= 0.6 is 0 Å². The molecular weight excluding hydrogens is 264 g/mol. The highest BCUT2D eigenvalue weighted by Gasteiger charge is 2.41. The van der Waals surface area contributed by atoms with E-state index in [-0.39, 0.29) is 18.6 Å². The van der Waals surface area contributed by atoms with Crippen molar-refractivity contribution in [2.45, 2.75) is 45.6 Å². The first-order valence-corrected chi connectivity index (χ1v) is 8.72. The summed E-state index contributed by atoms with van der Waals surface area (Å²) >= 11 is 0. The maximum absolute atomic E-state index is 12.7. The van der Waals surface area contributed by atoms with Gasteiger partial charge in [0.25, 0.3) is 10.2 Å². The molecule has 1 aliphatic carbocycles. The Balaban J connectivity index is 2.10.